The molecule has 2 N–H and O–H groups in total. The van der Waals surface area contributed by atoms with Crippen LogP contribution < -0.4 is 15.2 Å². The summed E-state index contributed by atoms with van der Waals surface area (Å²) < 4.78 is 11.1. The molecule has 0 bridgehead atoms. The van der Waals surface area contributed by atoms with E-state index in [0.717, 1.165) is 22.6 Å². The third-order valence-electron chi connectivity index (χ3n) is 3.04. The van der Waals surface area contributed by atoms with Gasteiger partial charge >= 0.3 is 0 Å². The van der Waals surface area contributed by atoms with Crippen molar-refractivity contribution in [2.24, 2.45) is 5.73 Å². The standard InChI is InChI=1S/C14H15NO2S/c1-9-6-11(8-18-9)14(15)10-2-3-12-13(7-10)17-5-4-16-12/h2-3,6-8,14H,4-5,15H2,1H3. The zero-order valence-corrected chi connectivity index (χ0v) is 11.0. The fourth-order valence-electron chi connectivity index (χ4n) is 2.07. The molecule has 0 saturated heterocycles. The quantitative estimate of drug-likeness (QED) is 0.904. The van der Waals surface area contributed by atoms with Crippen LogP contribution in [0.25, 0.3) is 0 Å². The Morgan fingerprint density at radius 3 is 2.61 bits per heavy atom. The van der Waals surface area contributed by atoms with Crippen molar-refractivity contribution in [3.8, 4) is 11.5 Å². The summed E-state index contributed by atoms with van der Waals surface area (Å²) in [5.74, 6) is 1.60. The van der Waals surface area contributed by atoms with E-state index in [4.69, 9.17) is 15.2 Å². The van der Waals surface area contributed by atoms with Crippen LogP contribution in [0.2, 0.25) is 0 Å². The first-order valence-corrected chi connectivity index (χ1v) is 6.82. The molecule has 1 aromatic heterocycles. The number of rotatable bonds is 2. The Bertz CT molecular complexity index is 565. The lowest BCUT2D eigenvalue weighted by Crippen LogP contribution is -2.17. The zero-order valence-electron chi connectivity index (χ0n) is 10.2. The largest absolute Gasteiger partial charge is 0.486 e. The molecule has 2 heterocycles. The summed E-state index contributed by atoms with van der Waals surface area (Å²) in [4.78, 5) is 1.28. The molecule has 1 aliphatic rings. The molecule has 0 fully saturated rings. The molecule has 0 amide bonds. The summed E-state index contributed by atoms with van der Waals surface area (Å²) >= 11 is 1.72. The Labute approximate surface area is 110 Å². The van der Waals surface area contributed by atoms with E-state index in [-0.39, 0.29) is 6.04 Å². The fourth-order valence-corrected chi connectivity index (χ4v) is 2.81. The van der Waals surface area contributed by atoms with Crippen molar-refractivity contribution in [1.29, 1.82) is 0 Å². The van der Waals surface area contributed by atoms with Gasteiger partial charge in [0, 0.05) is 4.88 Å². The maximum Gasteiger partial charge on any atom is 0.161 e. The molecule has 4 heteroatoms. The van der Waals surface area contributed by atoms with Crippen LogP contribution in [-0.4, -0.2) is 13.2 Å². The first kappa shape index (κ1) is 11.6. The molecule has 0 saturated carbocycles. The average molecular weight is 261 g/mol. The van der Waals surface area contributed by atoms with Crippen LogP contribution in [0.3, 0.4) is 0 Å². The van der Waals surface area contributed by atoms with Gasteiger partial charge in [0.2, 0.25) is 0 Å². The number of aryl methyl sites for hydroxylation is 1. The summed E-state index contributed by atoms with van der Waals surface area (Å²) in [5, 5.41) is 2.11. The minimum absolute atomic E-state index is 0.106. The molecule has 18 heavy (non-hydrogen) atoms. The molecular formula is C14H15NO2S. The molecule has 1 aliphatic heterocycles. The van der Waals surface area contributed by atoms with Crippen LogP contribution in [0.4, 0.5) is 0 Å². The first-order valence-electron chi connectivity index (χ1n) is 5.94. The summed E-state index contributed by atoms with van der Waals surface area (Å²) in [6.07, 6.45) is 0. The van der Waals surface area contributed by atoms with Crippen molar-refractivity contribution < 1.29 is 9.47 Å². The maximum absolute atomic E-state index is 6.27. The van der Waals surface area contributed by atoms with E-state index >= 15 is 0 Å². The van der Waals surface area contributed by atoms with Crippen LogP contribution in [0.5, 0.6) is 11.5 Å². The van der Waals surface area contributed by atoms with E-state index in [9.17, 15) is 0 Å². The van der Waals surface area contributed by atoms with Gasteiger partial charge in [0.25, 0.3) is 0 Å². The third-order valence-corrected chi connectivity index (χ3v) is 3.91. The second-order valence-electron chi connectivity index (χ2n) is 4.37. The number of benzene rings is 1. The van der Waals surface area contributed by atoms with Crippen molar-refractivity contribution in [3.05, 3.63) is 45.6 Å². The van der Waals surface area contributed by atoms with Crippen LogP contribution in [0.15, 0.2) is 29.6 Å². The number of hydrogen-bond acceptors (Lipinski definition) is 4. The van der Waals surface area contributed by atoms with Gasteiger partial charge < -0.3 is 15.2 Å². The molecule has 0 aliphatic carbocycles. The smallest absolute Gasteiger partial charge is 0.161 e. The normalized spacial score (nSPS) is 15.4. The molecule has 0 spiro atoms. The van der Waals surface area contributed by atoms with E-state index in [0.29, 0.717) is 13.2 Å². The highest BCUT2D eigenvalue weighted by atomic mass is 32.1. The predicted octanol–water partition coefficient (Wildman–Crippen LogP) is 2.88. The molecule has 1 atom stereocenters. The SMILES string of the molecule is Cc1cc(C(N)c2ccc3c(c2)OCCO3)cs1. The lowest BCUT2D eigenvalue weighted by atomic mass is 10.0. The Morgan fingerprint density at radius 2 is 1.89 bits per heavy atom. The number of nitrogens with two attached hydrogens (primary N) is 1. The van der Waals surface area contributed by atoms with E-state index in [1.54, 1.807) is 11.3 Å². The highest BCUT2D eigenvalue weighted by molar-refractivity contribution is 7.10. The van der Waals surface area contributed by atoms with Crippen LogP contribution in [-0.2, 0) is 0 Å². The summed E-state index contributed by atoms with van der Waals surface area (Å²) in [5.41, 5.74) is 8.47. The monoisotopic (exact) mass is 261 g/mol. The second kappa shape index (κ2) is 4.63. The molecule has 0 radical (unpaired) electrons. The van der Waals surface area contributed by atoms with E-state index in [1.165, 1.54) is 4.88 Å². The average Bonchev–Trinajstić information content (AvgIpc) is 2.84. The van der Waals surface area contributed by atoms with Crippen LogP contribution in [0.1, 0.15) is 22.0 Å². The summed E-state index contributed by atoms with van der Waals surface area (Å²) in [7, 11) is 0. The van der Waals surface area contributed by atoms with Gasteiger partial charge in [-0.05, 0) is 41.6 Å². The van der Waals surface area contributed by atoms with Crippen molar-refractivity contribution >= 4 is 11.3 Å². The molecule has 1 unspecified atom stereocenters. The highest BCUT2D eigenvalue weighted by Gasteiger charge is 2.16. The molecule has 94 valence electrons. The Morgan fingerprint density at radius 1 is 1.11 bits per heavy atom. The van der Waals surface area contributed by atoms with Crippen LogP contribution in [0, 0.1) is 6.92 Å². The Hall–Kier alpha value is -1.52. The van der Waals surface area contributed by atoms with Gasteiger partial charge in [-0.15, -0.1) is 11.3 Å². The predicted molar refractivity (Wildman–Crippen MR) is 72.5 cm³/mol. The first-order chi connectivity index (χ1) is 8.74. The molecule has 2 aromatic rings. The summed E-state index contributed by atoms with van der Waals surface area (Å²) in [6.45, 7) is 3.30. The molecule has 3 rings (SSSR count). The van der Waals surface area contributed by atoms with Crippen molar-refractivity contribution in [3.63, 3.8) is 0 Å². The minimum Gasteiger partial charge on any atom is -0.486 e. The lowest BCUT2D eigenvalue weighted by molar-refractivity contribution is 0.171. The number of hydrogen-bond donors (Lipinski definition) is 1. The van der Waals surface area contributed by atoms with Gasteiger partial charge in [0.05, 0.1) is 6.04 Å². The lowest BCUT2D eigenvalue weighted by Gasteiger charge is -2.20. The number of fused-ring (bicyclic) bond motifs is 1. The van der Waals surface area contributed by atoms with E-state index < -0.39 is 0 Å². The fraction of sp³-hybridized carbons (Fsp3) is 0.286. The highest BCUT2D eigenvalue weighted by Crippen LogP contribution is 2.34. The van der Waals surface area contributed by atoms with Crippen molar-refractivity contribution in [2.75, 3.05) is 13.2 Å². The minimum atomic E-state index is -0.106. The number of thiophene rings is 1. The van der Waals surface area contributed by atoms with E-state index in [2.05, 4.69) is 18.4 Å². The van der Waals surface area contributed by atoms with Gasteiger partial charge in [-0.25, -0.2) is 0 Å². The third kappa shape index (κ3) is 2.09. The van der Waals surface area contributed by atoms with Gasteiger partial charge in [0.15, 0.2) is 11.5 Å². The van der Waals surface area contributed by atoms with Gasteiger partial charge in [-0.2, -0.15) is 0 Å². The van der Waals surface area contributed by atoms with Crippen molar-refractivity contribution in [2.45, 2.75) is 13.0 Å². The van der Waals surface area contributed by atoms with Gasteiger partial charge in [0.1, 0.15) is 13.2 Å². The maximum atomic E-state index is 6.27. The topological polar surface area (TPSA) is 44.5 Å². The second-order valence-corrected chi connectivity index (χ2v) is 5.49. The molecular weight excluding hydrogens is 246 g/mol. The Kier molecular flexibility index (Phi) is 2.97. The van der Waals surface area contributed by atoms with E-state index in [1.807, 2.05) is 18.2 Å². The molecule has 1 aromatic carbocycles. The zero-order chi connectivity index (χ0) is 12.5. The molecule has 3 nitrogen and oxygen atoms in total. The van der Waals surface area contributed by atoms with Gasteiger partial charge in [-0.1, -0.05) is 6.07 Å². The van der Waals surface area contributed by atoms with Crippen molar-refractivity contribution in [1.82, 2.24) is 0 Å². The Balaban J connectivity index is 1.92. The summed E-state index contributed by atoms with van der Waals surface area (Å²) in [6, 6.07) is 7.94. The number of ether oxygens (including phenoxy) is 2. The van der Waals surface area contributed by atoms with Crippen LogP contribution >= 0.6 is 11.3 Å². The van der Waals surface area contributed by atoms with Gasteiger partial charge in [-0.3, -0.25) is 0 Å².